The van der Waals surface area contributed by atoms with Crippen LogP contribution in [-0.2, 0) is 11.8 Å². The average molecular weight is 390 g/mol. The van der Waals surface area contributed by atoms with Gasteiger partial charge in [0.25, 0.3) is 0 Å². The van der Waals surface area contributed by atoms with Gasteiger partial charge in [0.2, 0.25) is 5.91 Å². The molecule has 0 aliphatic carbocycles. The quantitative estimate of drug-likeness (QED) is 0.628. The summed E-state index contributed by atoms with van der Waals surface area (Å²) in [7, 11) is 1.89. The monoisotopic (exact) mass is 390 g/mol. The van der Waals surface area contributed by atoms with Gasteiger partial charge in [0.05, 0.1) is 11.4 Å². The van der Waals surface area contributed by atoms with Gasteiger partial charge in [-0.1, -0.05) is 6.58 Å². The summed E-state index contributed by atoms with van der Waals surface area (Å²) in [6.45, 7) is 4.99. The lowest BCUT2D eigenvalue weighted by atomic mass is 9.86. The zero-order chi connectivity index (χ0) is 20.4. The third kappa shape index (κ3) is 3.97. The number of halogens is 1. The van der Waals surface area contributed by atoms with E-state index in [-0.39, 0.29) is 11.7 Å². The number of nitrogens with zero attached hydrogens (tertiary/aromatic N) is 4. The fourth-order valence-electron chi connectivity index (χ4n) is 3.89. The normalized spacial score (nSPS) is 14.8. The Hall–Kier alpha value is -3.28. The maximum Gasteiger partial charge on any atom is 0.245 e. The van der Waals surface area contributed by atoms with Gasteiger partial charge in [0.15, 0.2) is 0 Å². The summed E-state index contributed by atoms with van der Waals surface area (Å²) in [5.74, 6) is 0.0185. The first-order valence-corrected chi connectivity index (χ1v) is 9.72. The molecule has 29 heavy (non-hydrogen) atoms. The zero-order valence-corrected chi connectivity index (χ0v) is 16.4. The highest BCUT2D eigenvalue weighted by Crippen LogP contribution is 2.36. The number of aromatic nitrogens is 3. The maximum absolute atomic E-state index is 13.3. The van der Waals surface area contributed by atoms with E-state index in [0.717, 1.165) is 40.9 Å². The molecule has 1 aliphatic rings. The summed E-state index contributed by atoms with van der Waals surface area (Å²) in [6, 6.07) is 10.4. The second-order valence-corrected chi connectivity index (χ2v) is 7.34. The van der Waals surface area contributed by atoms with Crippen molar-refractivity contribution in [3.05, 3.63) is 72.8 Å². The molecule has 6 heteroatoms. The molecule has 0 spiro atoms. The smallest absolute Gasteiger partial charge is 0.245 e. The molecular weight excluding hydrogens is 367 g/mol. The summed E-state index contributed by atoms with van der Waals surface area (Å²) in [5, 5.41) is 4.59. The molecule has 0 bridgehead atoms. The average Bonchev–Trinajstić information content (AvgIpc) is 3.19. The highest BCUT2D eigenvalue weighted by atomic mass is 19.1. The summed E-state index contributed by atoms with van der Waals surface area (Å²) in [5.41, 5.74) is 4.71. The van der Waals surface area contributed by atoms with E-state index in [0.29, 0.717) is 19.0 Å². The number of aryl methyl sites for hydroxylation is 1. The molecule has 1 aliphatic heterocycles. The van der Waals surface area contributed by atoms with Crippen molar-refractivity contribution in [3.8, 4) is 22.5 Å². The van der Waals surface area contributed by atoms with Crippen molar-refractivity contribution in [2.24, 2.45) is 7.05 Å². The van der Waals surface area contributed by atoms with E-state index in [4.69, 9.17) is 0 Å². The van der Waals surface area contributed by atoms with Gasteiger partial charge >= 0.3 is 0 Å². The standard InChI is InChI=1S/C23H23FN4O/c1-3-23(29)28-12-8-16(9-13-28)20-15-25-22(17-4-6-18(24)7-5-17)14-19(20)21-10-11-27(2)26-21/h3-7,10-11,14-16H,1,8-9,12-13H2,2H3. The lowest BCUT2D eigenvalue weighted by Crippen LogP contribution is -2.36. The van der Waals surface area contributed by atoms with Crippen molar-refractivity contribution in [1.82, 2.24) is 19.7 Å². The molecule has 3 heterocycles. The van der Waals surface area contributed by atoms with Crippen LogP contribution in [0.4, 0.5) is 4.39 Å². The van der Waals surface area contributed by atoms with Crippen molar-refractivity contribution >= 4 is 5.91 Å². The van der Waals surface area contributed by atoms with Crippen molar-refractivity contribution in [2.75, 3.05) is 13.1 Å². The minimum atomic E-state index is -0.267. The number of pyridine rings is 1. The first-order chi connectivity index (χ1) is 14.0. The molecule has 0 N–H and O–H groups in total. The van der Waals surface area contributed by atoms with E-state index in [2.05, 4.69) is 16.7 Å². The van der Waals surface area contributed by atoms with Crippen LogP contribution in [0.5, 0.6) is 0 Å². The number of carbonyl (C=O) groups is 1. The van der Waals surface area contributed by atoms with E-state index in [9.17, 15) is 9.18 Å². The van der Waals surface area contributed by atoms with Crippen LogP contribution in [-0.4, -0.2) is 38.7 Å². The Morgan fingerprint density at radius 3 is 2.52 bits per heavy atom. The Balaban J connectivity index is 1.69. The van der Waals surface area contributed by atoms with E-state index in [1.165, 1.54) is 18.2 Å². The molecule has 5 nitrogen and oxygen atoms in total. The summed E-state index contributed by atoms with van der Waals surface area (Å²) >= 11 is 0. The first-order valence-electron chi connectivity index (χ1n) is 9.72. The molecule has 1 aromatic carbocycles. The Kier molecular flexibility index (Phi) is 5.25. The lowest BCUT2D eigenvalue weighted by Gasteiger charge is -2.32. The minimum absolute atomic E-state index is 0.0156. The van der Waals surface area contributed by atoms with Gasteiger partial charge in [-0.15, -0.1) is 0 Å². The lowest BCUT2D eigenvalue weighted by molar-refractivity contribution is -0.127. The predicted molar refractivity (Wildman–Crippen MR) is 111 cm³/mol. The Bertz CT molecular complexity index is 1030. The van der Waals surface area contributed by atoms with Crippen LogP contribution in [0, 0.1) is 5.82 Å². The molecule has 0 unspecified atom stereocenters. The number of benzene rings is 1. The van der Waals surface area contributed by atoms with Crippen LogP contribution in [0.3, 0.4) is 0 Å². The SMILES string of the molecule is C=CC(=O)N1CCC(c2cnc(-c3ccc(F)cc3)cc2-c2ccn(C)n2)CC1. The molecule has 1 fully saturated rings. The molecular formula is C23H23FN4O. The zero-order valence-electron chi connectivity index (χ0n) is 16.4. The molecule has 3 aromatic rings. The van der Waals surface area contributed by atoms with Gasteiger partial charge in [0.1, 0.15) is 5.82 Å². The second kappa shape index (κ2) is 7.99. The largest absolute Gasteiger partial charge is 0.339 e. The third-order valence-corrected chi connectivity index (χ3v) is 5.49. The second-order valence-electron chi connectivity index (χ2n) is 7.34. The molecule has 0 saturated carbocycles. The molecule has 1 saturated heterocycles. The predicted octanol–water partition coefficient (Wildman–Crippen LogP) is 4.18. The first kappa shape index (κ1) is 19.1. The van der Waals surface area contributed by atoms with Crippen LogP contribution in [0.2, 0.25) is 0 Å². The number of likely N-dealkylation sites (tertiary alicyclic amines) is 1. The molecule has 4 rings (SSSR count). The van der Waals surface area contributed by atoms with Crippen molar-refractivity contribution in [2.45, 2.75) is 18.8 Å². The number of carbonyl (C=O) groups excluding carboxylic acids is 1. The van der Waals surface area contributed by atoms with Gasteiger partial charge in [-0.2, -0.15) is 5.10 Å². The van der Waals surface area contributed by atoms with E-state index < -0.39 is 0 Å². The summed E-state index contributed by atoms with van der Waals surface area (Å²) < 4.78 is 15.1. The van der Waals surface area contributed by atoms with Crippen LogP contribution in [0.15, 0.2) is 61.4 Å². The summed E-state index contributed by atoms with van der Waals surface area (Å²) in [6.07, 6.45) is 6.95. The third-order valence-electron chi connectivity index (χ3n) is 5.49. The number of amides is 1. The highest BCUT2D eigenvalue weighted by molar-refractivity contribution is 5.87. The Morgan fingerprint density at radius 2 is 1.90 bits per heavy atom. The summed E-state index contributed by atoms with van der Waals surface area (Å²) in [4.78, 5) is 18.4. The number of piperidine rings is 1. The topological polar surface area (TPSA) is 51.0 Å². The van der Waals surface area contributed by atoms with Crippen LogP contribution in [0.25, 0.3) is 22.5 Å². The van der Waals surface area contributed by atoms with Gasteiger partial charge in [-0.25, -0.2) is 4.39 Å². The number of hydrogen-bond acceptors (Lipinski definition) is 3. The van der Waals surface area contributed by atoms with Gasteiger partial charge in [0, 0.05) is 43.7 Å². The molecule has 0 atom stereocenters. The van der Waals surface area contributed by atoms with Crippen LogP contribution < -0.4 is 0 Å². The Labute approximate surface area is 169 Å². The van der Waals surface area contributed by atoms with E-state index in [1.807, 2.05) is 36.5 Å². The van der Waals surface area contributed by atoms with Gasteiger partial charge in [-0.05, 0) is 66.8 Å². The minimum Gasteiger partial charge on any atom is -0.339 e. The molecule has 1 amide bonds. The van der Waals surface area contributed by atoms with Crippen LogP contribution in [0.1, 0.15) is 24.3 Å². The van der Waals surface area contributed by atoms with E-state index in [1.54, 1.807) is 16.8 Å². The van der Waals surface area contributed by atoms with Crippen molar-refractivity contribution in [1.29, 1.82) is 0 Å². The number of rotatable bonds is 4. The molecule has 148 valence electrons. The van der Waals surface area contributed by atoms with Crippen molar-refractivity contribution in [3.63, 3.8) is 0 Å². The molecule has 2 aromatic heterocycles. The van der Waals surface area contributed by atoms with E-state index >= 15 is 0 Å². The van der Waals surface area contributed by atoms with Gasteiger partial charge in [-0.3, -0.25) is 14.5 Å². The number of hydrogen-bond donors (Lipinski definition) is 0. The Morgan fingerprint density at radius 1 is 1.17 bits per heavy atom. The molecule has 0 radical (unpaired) electrons. The van der Waals surface area contributed by atoms with Crippen molar-refractivity contribution < 1.29 is 9.18 Å². The van der Waals surface area contributed by atoms with Gasteiger partial charge < -0.3 is 4.90 Å². The maximum atomic E-state index is 13.3. The van der Waals surface area contributed by atoms with Crippen LogP contribution >= 0.6 is 0 Å². The fraction of sp³-hybridized carbons (Fsp3) is 0.261. The fourth-order valence-corrected chi connectivity index (χ4v) is 3.89. The highest BCUT2D eigenvalue weighted by Gasteiger charge is 2.25.